The summed E-state index contributed by atoms with van der Waals surface area (Å²) >= 11 is 0. The first-order chi connectivity index (χ1) is 32.2. The molecule has 1 spiro atoms. The predicted octanol–water partition coefficient (Wildman–Crippen LogP) is 17.0. The van der Waals surface area contributed by atoms with Crippen LogP contribution in [-0.4, -0.2) is 0 Å². The van der Waals surface area contributed by atoms with Crippen LogP contribution in [0.1, 0.15) is 22.3 Å². The Bertz CT molecular complexity index is 3830. The van der Waals surface area contributed by atoms with E-state index in [0.29, 0.717) is 0 Å². The SMILES string of the molecule is c1ccc(-c2ccc(N(c3ccc4c(c3)C3(c5ccccc5-c5ccccc53)c3ccccc3-4)c3ccc4oc5c(-c6cccc7ccccc67)c6ccccc6cc5c4c3)cc2)cc1. The van der Waals surface area contributed by atoms with E-state index in [9.17, 15) is 0 Å². The monoisotopic (exact) mass is 825 g/mol. The zero-order chi connectivity index (χ0) is 42.6. The van der Waals surface area contributed by atoms with Crippen molar-refractivity contribution in [3.8, 4) is 44.5 Å². The number of hydrogen-bond donors (Lipinski definition) is 0. The minimum atomic E-state index is -0.457. The van der Waals surface area contributed by atoms with Gasteiger partial charge in [-0.05, 0) is 131 Å². The second kappa shape index (κ2) is 13.8. The molecule has 14 rings (SSSR count). The fourth-order valence-electron chi connectivity index (χ4n) is 11.5. The lowest BCUT2D eigenvalue weighted by Crippen LogP contribution is -2.26. The highest BCUT2D eigenvalue weighted by Crippen LogP contribution is 2.63. The number of furan rings is 1. The third-order valence-electron chi connectivity index (χ3n) is 14.3. The van der Waals surface area contributed by atoms with E-state index in [4.69, 9.17) is 4.42 Å². The van der Waals surface area contributed by atoms with Crippen LogP contribution in [0.15, 0.2) is 241 Å². The molecule has 0 saturated carbocycles. The maximum absolute atomic E-state index is 7.01. The van der Waals surface area contributed by atoms with E-state index >= 15 is 0 Å². The Morgan fingerprint density at radius 1 is 0.308 bits per heavy atom. The van der Waals surface area contributed by atoms with E-state index in [-0.39, 0.29) is 0 Å². The molecule has 2 aliphatic rings. The van der Waals surface area contributed by atoms with Crippen molar-refractivity contribution in [2.24, 2.45) is 0 Å². The summed E-state index contributed by atoms with van der Waals surface area (Å²) in [6.45, 7) is 0. The molecule has 0 unspecified atom stereocenters. The highest BCUT2D eigenvalue weighted by atomic mass is 16.3. The van der Waals surface area contributed by atoms with Gasteiger partial charge in [0.15, 0.2) is 0 Å². The average molecular weight is 826 g/mol. The molecule has 1 aromatic heterocycles. The molecule has 65 heavy (non-hydrogen) atoms. The van der Waals surface area contributed by atoms with Crippen molar-refractivity contribution in [1.82, 2.24) is 0 Å². The fraction of sp³-hybridized carbons (Fsp3) is 0.0159. The molecule has 0 fully saturated rings. The predicted molar refractivity (Wildman–Crippen MR) is 271 cm³/mol. The van der Waals surface area contributed by atoms with Gasteiger partial charge in [-0.25, -0.2) is 0 Å². The van der Waals surface area contributed by atoms with Crippen molar-refractivity contribution >= 4 is 60.5 Å². The zero-order valence-corrected chi connectivity index (χ0v) is 35.4. The van der Waals surface area contributed by atoms with Gasteiger partial charge in [0.25, 0.3) is 0 Å². The first-order valence-corrected chi connectivity index (χ1v) is 22.5. The van der Waals surface area contributed by atoms with Crippen LogP contribution in [0.2, 0.25) is 0 Å². The molecular weight excluding hydrogens is 787 g/mol. The lowest BCUT2D eigenvalue weighted by atomic mass is 9.70. The van der Waals surface area contributed by atoms with Crippen molar-refractivity contribution in [3.05, 3.63) is 259 Å². The van der Waals surface area contributed by atoms with Gasteiger partial charge in [-0.1, -0.05) is 188 Å². The molecule has 0 amide bonds. The van der Waals surface area contributed by atoms with Gasteiger partial charge in [0.1, 0.15) is 11.2 Å². The Balaban J connectivity index is 1.02. The lowest BCUT2D eigenvalue weighted by molar-refractivity contribution is 0.670. The molecule has 1 heterocycles. The van der Waals surface area contributed by atoms with Crippen LogP contribution in [-0.2, 0) is 5.41 Å². The molecule has 2 heteroatoms. The van der Waals surface area contributed by atoms with Crippen molar-refractivity contribution in [2.75, 3.05) is 4.90 Å². The molecule has 0 N–H and O–H groups in total. The quantitative estimate of drug-likeness (QED) is 0.172. The highest BCUT2D eigenvalue weighted by molar-refractivity contribution is 6.21. The normalized spacial score (nSPS) is 13.0. The first-order valence-electron chi connectivity index (χ1n) is 22.5. The highest BCUT2D eigenvalue weighted by Gasteiger charge is 2.51. The van der Waals surface area contributed by atoms with E-state index in [2.05, 4.69) is 241 Å². The maximum Gasteiger partial charge on any atom is 0.143 e. The molecule has 2 aliphatic carbocycles. The zero-order valence-electron chi connectivity index (χ0n) is 35.4. The number of fused-ring (bicyclic) bond motifs is 15. The third kappa shape index (κ3) is 5.11. The van der Waals surface area contributed by atoms with Crippen LogP contribution in [0.3, 0.4) is 0 Å². The van der Waals surface area contributed by atoms with Crippen molar-refractivity contribution in [2.45, 2.75) is 5.41 Å². The molecule has 12 aromatic rings. The topological polar surface area (TPSA) is 16.4 Å². The summed E-state index contributed by atoms with van der Waals surface area (Å²) in [5.41, 5.74) is 19.7. The fourth-order valence-corrected chi connectivity index (χ4v) is 11.5. The maximum atomic E-state index is 7.01. The van der Waals surface area contributed by atoms with E-state index in [1.54, 1.807) is 0 Å². The number of benzene rings is 11. The van der Waals surface area contributed by atoms with Crippen LogP contribution in [0, 0.1) is 0 Å². The summed E-state index contributed by atoms with van der Waals surface area (Å²) in [4.78, 5) is 2.43. The third-order valence-corrected chi connectivity index (χ3v) is 14.3. The second-order valence-electron chi connectivity index (χ2n) is 17.5. The Kier molecular flexibility index (Phi) is 7.64. The summed E-state index contributed by atoms with van der Waals surface area (Å²) in [5.74, 6) is 0. The molecule has 0 bridgehead atoms. The van der Waals surface area contributed by atoms with Gasteiger partial charge in [0.2, 0.25) is 0 Å². The molecule has 0 radical (unpaired) electrons. The molecule has 11 aromatic carbocycles. The largest absolute Gasteiger partial charge is 0.455 e. The van der Waals surface area contributed by atoms with Crippen molar-refractivity contribution in [3.63, 3.8) is 0 Å². The van der Waals surface area contributed by atoms with Gasteiger partial charge < -0.3 is 9.32 Å². The van der Waals surface area contributed by atoms with Gasteiger partial charge in [0.05, 0.1) is 5.41 Å². The number of hydrogen-bond acceptors (Lipinski definition) is 2. The van der Waals surface area contributed by atoms with Crippen LogP contribution >= 0.6 is 0 Å². The molecule has 0 aliphatic heterocycles. The average Bonchev–Trinajstić information content (AvgIpc) is 3.99. The van der Waals surface area contributed by atoms with Gasteiger partial charge in [-0.2, -0.15) is 0 Å². The Morgan fingerprint density at radius 2 is 0.831 bits per heavy atom. The summed E-state index contributed by atoms with van der Waals surface area (Å²) in [5, 5.41) is 6.97. The van der Waals surface area contributed by atoms with Crippen molar-refractivity contribution < 1.29 is 4.42 Å². The molecule has 302 valence electrons. The van der Waals surface area contributed by atoms with E-state index < -0.39 is 5.41 Å². The minimum Gasteiger partial charge on any atom is -0.455 e. The van der Waals surface area contributed by atoms with Crippen molar-refractivity contribution in [1.29, 1.82) is 0 Å². The number of rotatable bonds is 5. The summed E-state index contributed by atoms with van der Waals surface area (Å²) in [7, 11) is 0. The van der Waals surface area contributed by atoms with Gasteiger partial charge >= 0.3 is 0 Å². The number of nitrogens with zero attached hydrogens (tertiary/aromatic N) is 1. The van der Waals surface area contributed by atoms with Crippen LogP contribution < -0.4 is 4.90 Å². The van der Waals surface area contributed by atoms with Crippen LogP contribution in [0.5, 0.6) is 0 Å². The van der Waals surface area contributed by atoms with Gasteiger partial charge in [0, 0.05) is 33.4 Å². The summed E-state index contributed by atoms with van der Waals surface area (Å²) < 4.78 is 7.01. The van der Waals surface area contributed by atoms with Crippen LogP contribution in [0.4, 0.5) is 17.1 Å². The van der Waals surface area contributed by atoms with Crippen LogP contribution in [0.25, 0.3) is 88.0 Å². The molecule has 0 saturated heterocycles. The molecule has 2 nitrogen and oxygen atoms in total. The first kappa shape index (κ1) is 36.1. The molecular formula is C63H39NO. The minimum absolute atomic E-state index is 0.457. The van der Waals surface area contributed by atoms with E-state index in [0.717, 1.165) is 44.6 Å². The van der Waals surface area contributed by atoms with E-state index in [1.165, 1.54) is 82.7 Å². The Hall–Kier alpha value is -8.46. The smallest absolute Gasteiger partial charge is 0.143 e. The van der Waals surface area contributed by atoms with E-state index in [1.807, 2.05) is 0 Å². The molecule has 0 atom stereocenters. The lowest BCUT2D eigenvalue weighted by Gasteiger charge is -2.32. The second-order valence-corrected chi connectivity index (χ2v) is 17.5. The standard InChI is InChI=1S/C63H39NO/c1-2-15-40(16-3-1)41-29-31-44(32-30-41)64(46-33-35-52-51-24-10-13-28-58(51)63(59(52)39-46)56-26-11-8-22-49(56)50-23-9-12-27-57(50)63)45-34-36-60-54(38-45)55-37-43-18-5-7-21-48(43)61(62(55)65-60)53-25-14-19-42-17-4-6-20-47(42)53/h1-39H. The Morgan fingerprint density at radius 3 is 1.55 bits per heavy atom. The summed E-state index contributed by atoms with van der Waals surface area (Å²) in [6, 6.07) is 86.9. The van der Waals surface area contributed by atoms with Gasteiger partial charge in [-0.3, -0.25) is 0 Å². The summed E-state index contributed by atoms with van der Waals surface area (Å²) in [6.07, 6.45) is 0. The van der Waals surface area contributed by atoms with Gasteiger partial charge in [-0.15, -0.1) is 0 Å². The Labute approximate surface area is 376 Å². The number of anilines is 3.